The van der Waals surface area contributed by atoms with Crippen molar-refractivity contribution in [3.05, 3.63) is 28.4 Å². The quantitative estimate of drug-likeness (QED) is 0.550. The Kier molecular flexibility index (Phi) is 5.26. The molecule has 1 aromatic carbocycles. The van der Waals surface area contributed by atoms with Crippen LogP contribution in [0.4, 0.5) is 0 Å². The summed E-state index contributed by atoms with van der Waals surface area (Å²) in [7, 11) is 0. The lowest BCUT2D eigenvalue weighted by Crippen LogP contribution is -2.15. The number of hydrogen-bond acceptors (Lipinski definition) is 6. The van der Waals surface area contributed by atoms with Crippen LogP contribution in [0.5, 0.6) is 11.5 Å². The monoisotopic (exact) mass is 475 g/mol. The van der Waals surface area contributed by atoms with E-state index in [1.165, 1.54) is 43.9 Å². The Balaban J connectivity index is 1.41. The highest BCUT2D eigenvalue weighted by molar-refractivity contribution is 9.10. The summed E-state index contributed by atoms with van der Waals surface area (Å²) in [6.45, 7) is 1.13. The predicted octanol–water partition coefficient (Wildman–Crippen LogP) is 4.85. The van der Waals surface area contributed by atoms with Gasteiger partial charge in [-0.25, -0.2) is 9.97 Å². The lowest BCUT2D eigenvalue weighted by molar-refractivity contribution is 0.174. The van der Waals surface area contributed by atoms with Crippen molar-refractivity contribution in [3.63, 3.8) is 0 Å². The Bertz CT molecular complexity index is 1110. The summed E-state index contributed by atoms with van der Waals surface area (Å²) >= 11 is 5.09. The Hall–Kier alpha value is -2.00. The molecular formula is C20H22BrN5O2S. The minimum Gasteiger partial charge on any atom is -0.454 e. The Morgan fingerprint density at radius 3 is 2.83 bits per heavy atom. The van der Waals surface area contributed by atoms with Crippen LogP contribution in [0, 0.1) is 11.3 Å². The number of rotatable bonds is 5. The zero-order valence-corrected chi connectivity index (χ0v) is 18.3. The van der Waals surface area contributed by atoms with E-state index in [1.54, 1.807) is 6.33 Å². The van der Waals surface area contributed by atoms with Crippen molar-refractivity contribution in [1.82, 2.24) is 19.5 Å². The zero-order chi connectivity index (χ0) is 19.8. The summed E-state index contributed by atoms with van der Waals surface area (Å²) in [6, 6.07) is 3.86. The summed E-state index contributed by atoms with van der Waals surface area (Å²) in [5, 5.41) is 8.90. The minimum absolute atomic E-state index is 0.220. The molecule has 152 valence electrons. The summed E-state index contributed by atoms with van der Waals surface area (Å²) < 4.78 is 13.9. The largest absolute Gasteiger partial charge is 0.454 e. The van der Waals surface area contributed by atoms with Gasteiger partial charge in [0.1, 0.15) is 5.52 Å². The maximum Gasteiger partial charge on any atom is 0.231 e. The molecule has 1 fully saturated rings. The van der Waals surface area contributed by atoms with Crippen LogP contribution >= 0.6 is 27.7 Å². The zero-order valence-electron chi connectivity index (χ0n) is 15.9. The van der Waals surface area contributed by atoms with Gasteiger partial charge in [-0.15, -0.1) is 0 Å². The molecule has 2 aromatic heterocycles. The number of ether oxygens (including phenoxy) is 2. The molecule has 3 heterocycles. The maximum atomic E-state index is 8.17. The van der Waals surface area contributed by atoms with Gasteiger partial charge in [0.2, 0.25) is 6.79 Å². The van der Waals surface area contributed by atoms with Crippen molar-refractivity contribution in [2.24, 2.45) is 5.92 Å². The van der Waals surface area contributed by atoms with Crippen LogP contribution in [0.25, 0.3) is 11.2 Å². The second-order valence-electron chi connectivity index (χ2n) is 7.56. The third-order valence-corrected chi connectivity index (χ3v) is 7.50. The van der Waals surface area contributed by atoms with Crippen LogP contribution in [-0.4, -0.2) is 26.3 Å². The first-order valence-corrected chi connectivity index (χ1v) is 11.5. The Labute approximate surface area is 180 Å². The second-order valence-corrected chi connectivity index (χ2v) is 9.44. The molecule has 0 amide bonds. The number of hydrogen-bond donors (Lipinski definition) is 2. The molecule has 0 unspecified atom stereocenters. The summed E-state index contributed by atoms with van der Waals surface area (Å²) in [5.41, 5.74) is 1.69. The van der Waals surface area contributed by atoms with E-state index in [-0.39, 0.29) is 12.3 Å². The van der Waals surface area contributed by atoms with Crippen LogP contribution in [-0.2, 0) is 6.54 Å². The molecule has 0 radical (unpaired) electrons. The first-order valence-electron chi connectivity index (χ1n) is 9.94. The average Bonchev–Trinajstić information content (AvgIpc) is 3.36. The number of aromatic amines is 1. The van der Waals surface area contributed by atoms with E-state index in [0.717, 1.165) is 50.6 Å². The van der Waals surface area contributed by atoms with Gasteiger partial charge < -0.3 is 19.0 Å². The number of H-pyrrole nitrogens is 1. The van der Waals surface area contributed by atoms with Crippen LogP contribution < -0.4 is 15.0 Å². The minimum atomic E-state index is 0.220. The highest BCUT2D eigenvalue weighted by Crippen LogP contribution is 2.42. The van der Waals surface area contributed by atoms with Crippen LogP contribution in [0.2, 0.25) is 0 Å². The number of nitrogens with zero attached hydrogens (tertiary/aromatic N) is 3. The molecule has 0 bridgehead atoms. The predicted molar refractivity (Wildman–Crippen MR) is 113 cm³/mol. The number of aryl methyl sites for hydroxylation is 1. The molecule has 5 rings (SSSR count). The fraction of sp³-hybridized carbons (Fsp3) is 0.450. The first kappa shape index (κ1) is 19.0. The lowest BCUT2D eigenvalue weighted by atomic mass is 9.87. The van der Waals surface area contributed by atoms with Crippen LogP contribution in [0.1, 0.15) is 38.5 Å². The first-order chi connectivity index (χ1) is 14.2. The number of benzene rings is 1. The molecule has 2 aliphatic rings. The smallest absolute Gasteiger partial charge is 0.231 e. The highest BCUT2D eigenvalue weighted by Gasteiger charge is 2.19. The number of fused-ring (bicyclic) bond motifs is 2. The Morgan fingerprint density at radius 2 is 2.00 bits per heavy atom. The number of halogens is 1. The molecule has 3 aromatic rings. The number of aromatic nitrogens is 4. The van der Waals surface area contributed by atoms with Gasteiger partial charge >= 0.3 is 0 Å². The van der Waals surface area contributed by atoms with Gasteiger partial charge in [0.25, 0.3) is 0 Å². The SMILES string of the molecule is N=c1ncn(CCC2CCCCC2)c2nc(Sc3cc4c(cc3Br)OCO4)[nH]c12. The molecule has 0 spiro atoms. The molecule has 29 heavy (non-hydrogen) atoms. The Morgan fingerprint density at radius 1 is 1.21 bits per heavy atom. The maximum absolute atomic E-state index is 8.17. The molecule has 9 heteroatoms. The van der Waals surface area contributed by atoms with E-state index in [0.29, 0.717) is 5.52 Å². The number of imidazole rings is 1. The summed E-state index contributed by atoms with van der Waals surface area (Å²) in [6.07, 6.45) is 9.62. The van der Waals surface area contributed by atoms with E-state index in [2.05, 4.69) is 30.5 Å². The normalized spacial score (nSPS) is 16.6. The molecule has 1 saturated carbocycles. The topological polar surface area (TPSA) is 88.8 Å². The average molecular weight is 476 g/mol. The molecule has 7 nitrogen and oxygen atoms in total. The van der Waals surface area contributed by atoms with Gasteiger partial charge in [0.15, 0.2) is 27.8 Å². The highest BCUT2D eigenvalue weighted by atomic mass is 79.9. The van der Waals surface area contributed by atoms with E-state index >= 15 is 0 Å². The van der Waals surface area contributed by atoms with Crippen molar-refractivity contribution in [3.8, 4) is 11.5 Å². The van der Waals surface area contributed by atoms with E-state index < -0.39 is 0 Å². The molecule has 2 N–H and O–H groups in total. The molecular weight excluding hydrogens is 454 g/mol. The van der Waals surface area contributed by atoms with Crippen LogP contribution in [0.15, 0.2) is 33.0 Å². The van der Waals surface area contributed by atoms with Crippen molar-refractivity contribution < 1.29 is 9.47 Å². The lowest BCUT2D eigenvalue weighted by Gasteiger charge is -2.21. The third kappa shape index (κ3) is 3.90. The third-order valence-electron chi connectivity index (χ3n) is 5.63. The fourth-order valence-electron chi connectivity index (χ4n) is 4.05. The second kappa shape index (κ2) is 8.02. The van der Waals surface area contributed by atoms with Gasteiger partial charge in [0, 0.05) is 15.9 Å². The molecule has 0 atom stereocenters. The van der Waals surface area contributed by atoms with Crippen LogP contribution in [0.3, 0.4) is 0 Å². The van der Waals surface area contributed by atoms with E-state index in [9.17, 15) is 0 Å². The van der Waals surface area contributed by atoms with Gasteiger partial charge in [-0.3, -0.25) is 5.41 Å². The standard InChI is InChI=1S/C20H22BrN5O2S/c21-13-8-14-15(28-11-27-14)9-16(13)29-20-24-17-18(22)23-10-26(19(17)25-20)7-6-12-4-2-1-3-5-12/h8-10,12,22H,1-7,11H2,(H,24,25). The summed E-state index contributed by atoms with van der Waals surface area (Å²) in [5.74, 6) is 2.26. The van der Waals surface area contributed by atoms with Crippen molar-refractivity contribution in [2.45, 2.75) is 55.1 Å². The van der Waals surface area contributed by atoms with Gasteiger partial charge in [-0.1, -0.05) is 43.9 Å². The van der Waals surface area contributed by atoms with E-state index in [1.807, 2.05) is 12.1 Å². The van der Waals surface area contributed by atoms with Gasteiger partial charge in [-0.05, 0) is 40.4 Å². The van der Waals surface area contributed by atoms with Gasteiger partial charge in [0.05, 0.1) is 6.33 Å². The molecule has 1 aliphatic heterocycles. The van der Waals surface area contributed by atoms with Crippen molar-refractivity contribution in [1.29, 1.82) is 5.41 Å². The molecule has 0 saturated heterocycles. The molecule has 1 aliphatic carbocycles. The fourth-order valence-corrected chi connectivity index (χ4v) is 5.43. The number of nitrogens with one attached hydrogen (secondary N) is 2. The van der Waals surface area contributed by atoms with Crippen molar-refractivity contribution in [2.75, 3.05) is 6.79 Å². The summed E-state index contributed by atoms with van der Waals surface area (Å²) in [4.78, 5) is 13.3. The van der Waals surface area contributed by atoms with Gasteiger partial charge in [-0.2, -0.15) is 0 Å². The van der Waals surface area contributed by atoms with E-state index in [4.69, 9.17) is 19.9 Å². The van der Waals surface area contributed by atoms with Crippen molar-refractivity contribution >= 4 is 38.9 Å².